The van der Waals surface area contributed by atoms with Crippen molar-refractivity contribution >= 4 is 22.1 Å². The van der Waals surface area contributed by atoms with Gasteiger partial charge in [0.05, 0.1) is 11.4 Å². The Labute approximate surface area is 121 Å². The molecule has 4 heteroatoms. The van der Waals surface area contributed by atoms with Gasteiger partial charge in [-0.25, -0.2) is 4.21 Å². The monoisotopic (exact) mass is 287 g/mol. The molecule has 0 bridgehead atoms. The largest absolute Gasteiger partial charge is 0.750 e. The molecule has 0 saturated heterocycles. The Morgan fingerprint density at radius 1 is 0.650 bits per heavy atom. The van der Waals surface area contributed by atoms with Crippen LogP contribution in [-0.4, -0.2) is 13.3 Å². The van der Waals surface area contributed by atoms with Crippen LogP contribution in [0.1, 0.15) is 0 Å². The second kappa shape index (κ2) is 9.86. The maximum Gasteiger partial charge on any atom is 0.0814 e. The number of hydrogen-bond donors (Lipinski definition) is 1. The first-order valence-corrected chi connectivity index (χ1v) is 6.95. The maximum atomic E-state index is 8.56. The summed E-state index contributed by atoms with van der Waals surface area (Å²) >= 11 is -2.86. The molecule has 0 fully saturated rings. The van der Waals surface area contributed by atoms with Gasteiger partial charge in [-0.05, 0) is 10.8 Å². The van der Waals surface area contributed by atoms with Crippen molar-refractivity contribution < 1.29 is 13.3 Å². The van der Waals surface area contributed by atoms with Gasteiger partial charge in [-0.1, -0.05) is 84.9 Å². The summed E-state index contributed by atoms with van der Waals surface area (Å²) in [6.45, 7) is 0. The summed E-state index contributed by atoms with van der Waals surface area (Å²) < 4.78 is 24.1. The van der Waals surface area contributed by atoms with E-state index in [0.29, 0.717) is 0 Å². The third-order valence-electron chi connectivity index (χ3n) is 2.33. The minimum atomic E-state index is -2.86. The van der Waals surface area contributed by atoms with Crippen LogP contribution in [0.5, 0.6) is 0 Å². The first kappa shape index (κ1) is 16.0. The van der Waals surface area contributed by atoms with Gasteiger partial charge in [0.25, 0.3) is 0 Å². The van der Waals surface area contributed by atoms with Crippen LogP contribution in [0.25, 0.3) is 10.8 Å². The van der Waals surface area contributed by atoms with Crippen molar-refractivity contribution in [1.29, 1.82) is 0 Å². The number of fused-ring (bicyclic) bond motifs is 1. The van der Waals surface area contributed by atoms with E-state index in [9.17, 15) is 0 Å². The molecule has 1 atom stereocenters. The summed E-state index contributed by atoms with van der Waals surface area (Å²) in [5.74, 6) is 0. The molecule has 104 valence electrons. The lowest BCUT2D eigenvalue weighted by atomic mass is 10.1. The summed E-state index contributed by atoms with van der Waals surface area (Å²) in [7, 11) is 0. The fourth-order valence-corrected chi connectivity index (χ4v) is 1.52. The van der Waals surface area contributed by atoms with E-state index in [1.54, 1.807) is 0 Å². The minimum absolute atomic E-state index is 1.31. The van der Waals surface area contributed by atoms with Gasteiger partial charge in [0.2, 0.25) is 0 Å². The highest BCUT2D eigenvalue weighted by Crippen LogP contribution is 2.11. The highest BCUT2D eigenvalue weighted by atomic mass is 32.2. The lowest BCUT2D eigenvalue weighted by molar-refractivity contribution is 0.436. The molecule has 0 saturated carbocycles. The Morgan fingerprint density at radius 2 is 0.850 bits per heavy atom. The lowest BCUT2D eigenvalue weighted by Gasteiger charge is -1.92. The van der Waals surface area contributed by atoms with Crippen molar-refractivity contribution in [3.63, 3.8) is 0 Å². The topological polar surface area (TPSA) is 60.4 Å². The molecule has 1 N–H and O–H groups in total. The van der Waals surface area contributed by atoms with E-state index in [-0.39, 0.29) is 0 Å². The van der Waals surface area contributed by atoms with E-state index in [1.165, 1.54) is 10.8 Å². The van der Waals surface area contributed by atoms with Crippen LogP contribution in [0.2, 0.25) is 0 Å². The zero-order valence-electron chi connectivity index (χ0n) is 10.8. The highest BCUT2D eigenvalue weighted by molar-refractivity contribution is 7.73. The fraction of sp³-hybridized carbons (Fsp3) is 0. The minimum Gasteiger partial charge on any atom is -0.750 e. The molecule has 3 aromatic rings. The van der Waals surface area contributed by atoms with Crippen LogP contribution >= 0.6 is 0 Å². The van der Waals surface area contributed by atoms with Crippen LogP contribution in [0, 0.1) is 0 Å². The second-order valence-electron chi connectivity index (χ2n) is 3.72. The van der Waals surface area contributed by atoms with Gasteiger partial charge in [-0.2, -0.15) is 0 Å². The van der Waals surface area contributed by atoms with Gasteiger partial charge >= 0.3 is 0 Å². The molecular formula is C16H15O3S-. The van der Waals surface area contributed by atoms with Crippen molar-refractivity contribution in [2.45, 2.75) is 0 Å². The summed E-state index contributed by atoms with van der Waals surface area (Å²) in [6, 6.07) is 28.7. The fourth-order valence-electron chi connectivity index (χ4n) is 1.52. The Hall–Kier alpha value is -2.01. The number of hydrogen-bond acceptors (Lipinski definition) is 2. The highest BCUT2D eigenvalue weighted by Gasteiger charge is 1.85. The number of benzene rings is 3. The molecule has 3 rings (SSSR count). The molecule has 1 unspecified atom stereocenters. The van der Waals surface area contributed by atoms with Gasteiger partial charge in [-0.3, -0.25) is 0 Å². The normalized spacial score (nSPS) is 10.5. The summed E-state index contributed by atoms with van der Waals surface area (Å²) in [5, 5.41) is 2.62. The third-order valence-corrected chi connectivity index (χ3v) is 2.33. The molecule has 0 radical (unpaired) electrons. The number of rotatable bonds is 0. The van der Waals surface area contributed by atoms with E-state index in [2.05, 4.69) is 48.5 Å². The Bertz CT molecular complexity index is 531. The Morgan fingerprint density at radius 3 is 1.05 bits per heavy atom. The van der Waals surface area contributed by atoms with Crippen molar-refractivity contribution in [2.24, 2.45) is 0 Å². The lowest BCUT2D eigenvalue weighted by Crippen LogP contribution is -1.75. The van der Waals surface area contributed by atoms with Crippen LogP contribution in [0.15, 0.2) is 84.9 Å². The van der Waals surface area contributed by atoms with Gasteiger partial charge in [0, 0.05) is 0 Å². The molecule has 0 aliphatic rings. The van der Waals surface area contributed by atoms with E-state index in [0.717, 1.165) is 0 Å². The first-order chi connectivity index (χ1) is 9.70. The summed E-state index contributed by atoms with van der Waals surface area (Å²) in [5.41, 5.74) is 0. The standard InChI is InChI=1S/C10H8.C6H6.H2O3S/c1-2-6-10-8-4-3-7-9(10)5-1;1-2-4-6-5-3-1;1-4(2)3/h1-8H;1-6H;(H2,1,2,3)/p-1. The Kier molecular flexibility index (Phi) is 7.91. The van der Waals surface area contributed by atoms with Gasteiger partial charge in [0.1, 0.15) is 0 Å². The maximum absolute atomic E-state index is 8.56. The van der Waals surface area contributed by atoms with Crippen LogP contribution < -0.4 is 0 Å². The zero-order valence-corrected chi connectivity index (χ0v) is 11.6. The van der Waals surface area contributed by atoms with E-state index >= 15 is 0 Å². The average Bonchev–Trinajstić information content (AvgIpc) is 2.49. The van der Waals surface area contributed by atoms with E-state index < -0.39 is 11.4 Å². The van der Waals surface area contributed by atoms with Crippen molar-refractivity contribution in [3.05, 3.63) is 84.9 Å². The molecule has 3 aromatic carbocycles. The summed E-state index contributed by atoms with van der Waals surface area (Å²) in [6.07, 6.45) is 0. The molecule has 3 nitrogen and oxygen atoms in total. The summed E-state index contributed by atoms with van der Waals surface area (Å²) in [4.78, 5) is 0. The molecule has 0 aliphatic heterocycles. The van der Waals surface area contributed by atoms with Crippen LogP contribution in [0.3, 0.4) is 0 Å². The average molecular weight is 287 g/mol. The quantitative estimate of drug-likeness (QED) is 0.638. The third kappa shape index (κ3) is 7.43. The molecule has 0 aliphatic carbocycles. The van der Waals surface area contributed by atoms with Crippen molar-refractivity contribution in [1.82, 2.24) is 0 Å². The zero-order chi connectivity index (χ0) is 14.6. The molecule has 0 amide bonds. The smallest absolute Gasteiger partial charge is 0.0814 e. The van der Waals surface area contributed by atoms with Crippen LogP contribution in [-0.2, 0) is 11.4 Å². The van der Waals surface area contributed by atoms with Crippen molar-refractivity contribution in [3.8, 4) is 0 Å². The van der Waals surface area contributed by atoms with Crippen molar-refractivity contribution in [2.75, 3.05) is 0 Å². The van der Waals surface area contributed by atoms with Gasteiger partial charge in [0.15, 0.2) is 0 Å². The second-order valence-corrected chi connectivity index (χ2v) is 4.15. The predicted octanol–water partition coefficient (Wildman–Crippen LogP) is 3.86. The predicted molar refractivity (Wildman–Crippen MR) is 81.9 cm³/mol. The van der Waals surface area contributed by atoms with E-state index in [4.69, 9.17) is 13.3 Å². The van der Waals surface area contributed by atoms with Gasteiger partial charge < -0.3 is 9.11 Å². The molecule has 0 spiro atoms. The Balaban J connectivity index is 0.000000172. The SMILES string of the molecule is O=S([O-])O.c1ccc2ccccc2c1.c1ccccc1. The molecular weight excluding hydrogens is 272 g/mol. The first-order valence-electron chi connectivity index (χ1n) is 5.92. The molecule has 0 heterocycles. The molecule has 20 heavy (non-hydrogen) atoms. The van der Waals surface area contributed by atoms with Crippen LogP contribution in [0.4, 0.5) is 0 Å². The molecule has 0 aromatic heterocycles. The van der Waals surface area contributed by atoms with E-state index in [1.807, 2.05) is 36.4 Å². The van der Waals surface area contributed by atoms with Gasteiger partial charge in [-0.15, -0.1) is 0 Å².